The average molecular weight is 290 g/mol. The molecule has 2 unspecified atom stereocenters. The van der Waals surface area contributed by atoms with Gasteiger partial charge in [0.2, 0.25) is 0 Å². The standard InChI is InChI=1S/C15H16ClN3O/c1-9-12(8-17-19(9)2)15(20)18-14-11-6-4-3-5-10(11)7-13(14)16/h3-6,8,13-14H,7H2,1-2H3,(H,18,20). The zero-order valence-electron chi connectivity index (χ0n) is 11.4. The lowest BCUT2D eigenvalue weighted by molar-refractivity contribution is 0.0936. The lowest BCUT2D eigenvalue weighted by Gasteiger charge is -2.17. The number of nitrogens with zero attached hydrogens (tertiary/aromatic N) is 2. The topological polar surface area (TPSA) is 46.9 Å². The zero-order chi connectivity index (χ0) is 14.3. The largest absolute Gasteiger partial charge is 0.344 e. The Hall–Kier alpha value is -1.81. The summed E-state index contributed by atoms with van der Waals surface area (Å²) in [5, 5.41) is 7.03. The Balaban J connectivity index is 1.85. The molecule has 1 heterocycles. The van der Waals surface area contributed by atoms with E-state index in [0.29, 0.717) is 5.56 Å². The third kappa shape index (κ3) is 2.10. The van der Waals surface area contributed by atoms with E-state index in [-0.39, 0.29) is 17.3 Å². The highest BCUT2D eigenvalue weighted by Crippen LogP contribution is 2.34. The summed E-state index contributed by atoms with van der Waals surface area (Å²) in [5.74, 6) is -0.122. The van der Waals surface area contributed by atoms with Crippen molar-refractivity contribution in [1.82, 2.24) is 15.1 Å². The molecule has 1 aliphatic rings. The van der Waals surface area contributed by atoms with Crippen LogP contribution in [-0.4, -0.2) is 21.1 Å². The Morgan fingerprint density at radius 3 is 2.90 bits per heavy atom. The molecule has 1 aromatic heterocycles. The van der Waals surface area contributed by atoms with Gasteiger partial charge < -0.3 is 5.32 Å². The maximum atomic E-state index is 12.4. The molecule has 1 aromatic carbocycles. The van der Waals surface area contributed by atoms with Crippen LogP contribution >= 0.6 is 11.6 Å². The highest BCUT2D eigenvalue weighted by Gasteiger charge is 2.32. The van der Waals surface area contributed by atoms with Gasteiger partial charge in [-0.1, -0.05) is 24.3 Å². The van der Waals surface area contributed by atoms with E-state index in [4.69, 9.17) is 11.6 Å². The van der Waals surface area contributed by atoms with Gasteiger partial charge in [-0.15, -0.1) is 11.6 Å². The molecule has 0 spiro atoms. The number of hydrogen-bond acceptors (Lipinski definition) is 2. The first kappa shape index (κ1) is 13.2. The van der Waals surface area contributed by atoms with E-state index >= 15 is 0 Å². The molecule has 1 amide bonds. The van der Waals surface area contributed by atoms with Crippen LogP contribution in [0.1, 0.15) is 33.2 Å². The van der Waals surface area contributed by atoms with Crippen LogP contribution in [0.3, 0.4) is 0 Å². The first-order valence-corrected chi connectivity index (χ1v) is 7.03. The van der Waals surface area contributed by atoms with E-state index in [1.807, 2.05) is 32.2 Å². The van der Waals surface area contributed by atoms with Crippen molar-refractivity contribution in [1.29, 1.82) is 0 Å². The van der Waals surface area contributed by atoms with Crippen LogP contribution in [-0.2, 0) is 13.5 Å². The van der Waals surface area contributed by atoms with E-state index in [2.05, 4.69) is 16.5 Å². The maximum absolute atomic E-state index is 12.4. The molecule has 4 nitrogen and oxygen atoms in total. The normalized spacial score (nSPS) is 20.8. The van der Waals surface area contributed by atoms with Crippen molar-refractivity contribution in [2.24, 2.45) is 7.05 Å². The SMILES string of the molecule is Cc1c(C(=O)NC2c3ccccc3CC2Cl)cnn1C. The highest BCUT2D eigenvalue weighted by molar-refractivity contribution is 6.21. The van der Waals surface area contributed by atoms with Gasteiger partial charge in [-0.05, 0) is 24.5 Å². The third-order valence-corrected chi connectivity index (χ3v) is 4.34. The summed E-state index contributed by atoms with van der Waals surface area (Å²) in [7, 11) is 1.82. The van der Waals surface area contributed by atoms with Gasteiger partial charge in [0, 0.05) is 12.7 Å². The van der Waals surface area contributed by atoms with Gasteiger partial charge >= 0.3 is 0 Å². The second-order valence-electron chi connectivity index (χ2n) is 5.14. The van der Waals surface area contributed by atoms with Gasteiger partial charge in [-0.3, -0.25) is 9.48 Å². The summed E-state index contributed by atoms with van der Waals surface area (Å²) in [6.45, 7) is 1.88. The van der Waals surface area contributed by atoms with Crippen LogP contribution in [0.4, 0.5) is 0 Å². The lowest BCUT2D eigenvalue weighted by Crippen LogP contribution is -2.32. The van der Waals surface area contributed by atoms with Crippen molar-refractivity contribution in [3.8, 4) is 0 Å². The second kappa shape index (κ2) is 4.94. The second-order valence-corrected chi connectivity index (χ2v) is 5.70. The number of nitrogens with one attached hydrogen (secondary N) is 1. The Morgan fingerprint density at radius 2 is 2.20 bits per heavy atom. The van der Waals surface area contributed by atoms with Gasteiger partial charge in [0.25, 0.3) is 5.91 Å². The van der Waals surface area contributed by atoms with E-state index in [1.54, 1.807) is 10.9 Å². The zero-order valence-corrected chi connectivity index (χ0v) is 12.2. The quantitative estimate of drug-likeness (QED) is 0.863. The number of carbonyl (C=O) groups is 1. The number of amides is 1. The van der Waals surface area contributed by atoms with Crippen molar-refractivity contribution in [2.75, 3.05) is 0 Å². The summed E-state index contributed by atoms with van der Waals surface area (Å²) >= 11 is 6.38. The van der Waals surface area contributed by atoms with Crippen LogP contribution in [0, 0.1) is 6.92 Å². The fourth-order valence-corrected chi connectivity index (χ4v) is 3.02. The predicted molar refractivity (Wildman–Crippen MR) is 77.9 cm³/mol. The fraction of sp³-hybridized carbons (Fsp3) is 0.333. The molecule has 0 fully saturated rings. The number of halogens is 1. The molecule has 0 radical (unpaired) electrons. The number of carbonyl (C=O) groups excluding carboxylic acids is 1. The van der Waals surface area contributed by atoms with Crippen molar-refractivity contribution in [2.45, 2.75) is 24.8 Å². The molecule has 2 atom stereocenters. The van der Waals surface area contributed by atoms with Crippen LogP contribution in [0.2, 0.25) is 0 Å². The monoisotopic (exact) mass is 289 g/mol. The van der Waals surface area contributed by atoms with E-state index in [0.717, 1.165) is 17.7 Å². The molecular weight excluding hydrogens is 274 g/mol. The number of alkyl halides is 1. The van der Waals surface area contributed by atoms with Crippen LogP contribution < -0.4 is 5.32 Å². The summed E-state index contributed by atoms with van der Waals surface area (Å²) in [6.07, 6.45) is 2.38. The molecule has 3 rings (SSSR count). The van der Waals surface area contributed by atoms with Crippen molar-refractivity contribution < 1.29 is 4.79 Å². The van der Waals surface area contributed by atoms with Crippen molar-refractivity contribution in [3.63, 3.8) is 0 Å². The summed E-state index contributed by atoms with van der Waals surface area (Å²) in [4.78, 5) is 12.4. The van der Waals surface area contributed by atoms with Gasteiger partial charge in [-0.2, -0.15) is 5.10 Å². The average Bonchev–Trinajstić information content (AvgIpc) is 2.92. The molecular formula is C15H16ClN3O. The van der Waals surface area contributed by atoms with E-state index < -0.39 is 0 Å². The first-order chi connectivity index (χ1) is 9.58. The maximum Gasteiger partial charge on any atom is 0.255 e. The Kier molecular flexibility index (Phi) is 3.26. The summed E-state index contributed by atoms with van der Waals surface area (Å²) < 4.78 is 1.69. The molecule has 1 N–H and O–H groups in total. The molecule has 5 heteroatoms. The van der Waals surface area contributed by atoms with Crippen LogP contribution in [0.5, 0.6) is 0 Å². The summed E-state index contributed by atoms with van der Waals surface area (Å²) in [6, 6.07) is 7.92. The third-order valence-electron chi connectivity index (χ3n) is 3.93. The molecule has 0 saturated heterocycles. The van der Waals surface area contributed by atoms with E-state index in [9.17, 15) is 4.79 Å². The minimum Gasteiger partial charge on any atom is -0.344 e. The molecule has 104 valence electrons. The summed E-state index contributed by atoms with van der Waals surface area (Å²) in [5.41, 5.74) is 3.77. The van der Waals surface area contributed by atoms with Gasteiger partial charge in [0.05, 0.1) is 23.2 Å². The van der Waals surface area contributed by atoms with Gasteiger partial charge in [0.1, 0.15) is 0 Å². The molecule has 20 heavy (non-hydrogen) atoms. The van der Waals surface area contributed by atoms with Crippen LogP contribution in [0.15, 0.2) is 30.5 Å². The number of aromatic nitrogens is 2. The molecule has 2 aromatic rings. The molecule has 0 aliphatic heterocycles. The minimum atomic E-state index is -0.139. The Morgan fingerprint density at radius 1 is 1.45 bits per heavy atom. The first-order valence-electron chi connectivity index (χ1n) is 6.59. The Bertz CT molecular complexity index is 665. The predicted octanol–water partition coefficient (Wildman–Crippen LogP) is 2.36. The van der Waals surface area contributed by atoms with Crippen LogP contribution in [0.25, 0.3) is 0 Å². The smallest absolute Gasteiger partial charge is 0.255 e. The minimum absolute atomic E-state index is 0.103. The van der Waals surface area contributed by atoms with Crippen molar-refractivity contribution >= 4 is 17.5 Å². The number of hydrogen-bond donors (Lipinski definition) is 1. The Labute approximate surface area is 122 Å². The molecule has 0 saturated carbocycles. The highest BCUT2D eigenvalue weighted by atomic mass is 35.5. The van der Waals surface area contributed by atoms with Crippen molar-refractivity contribution in [3.05, 3.63) is 52.8 Å². The van der Waals surface area contributed by atoms with Gasteiger partial charge in [-0.25, -0.2) is 0 Å². The molecule has 0 bridgehead atoms. The van der Waals surface area contributed by atoms with Gasteiger partial charge in [0.15, 0.2) is 0 Å². The van der Waals surface area contributed by atoms with E-state index in [1.165, 1.54) is 5.56 Å². The number of rotatable bonds is 2. The number of fused-ring (bicyclic) bond motifs is 1. The molecule has 1 aliphatic carbocycles. The fourth-order valence-electron chi connectivity index (χ4n) is 2.66. The number of benzene rings is 1. The lowest BCUT2D eigenvalue weighted by atomic mass is 10.1. The number of aryl methyl sites for hydroxylation is 1.